The van der Waals surface area contributed by atoms with Gasteiger partial charge in [-0.2, -0.15) is 0 Å². The van der Waals surface area contributed by atoms with E-state index >= 15 is 0 Å². The molecule has 0 unspecified atom stereocenters. The van der Waals surface area contributed by atoms with E-state index in [1.807, 2.05) is 6.92 Å². The summed E-state index contributed by atoms with van der Waals surface area (Å²) >= 11 is 0. The lowest BCUT2D eigenvalue weighted by molar-refractivity contribution is -0.159. The molecule has 2 heteroatoms. The van der Waals surface area contributed by atoms with Crippen molar-refractivity contribution in [1.29, 1.82) is 0 Å². The fourth-order valence-electron chi connectivity index (χ4n) is 2.10. The van der Waals surface area contributed by atoms with Crippen LogP contribution < -0.4 is 0 Å². The Balaban J connectivity index is 2.46. The van der Waals surface area contributed by atoms with Gasteiger partial charge >= 0.3 is 5.97 Å². The first-order valence-corrected chi connectivity index (χ1v) is 5.88. The maximum absolute atomic E-state index is 11.3. The third kappa shape index (κ3) is 3.69. The molecule has 82 valence electrons. The molecule has 0 aromatic heterocycles. The molecular formula is C12H22O2. The Morgan fingerprint density at radius 1 is 1.14 bits per heavy atom. The molecule has 0 aliphatic heterocycles. The first kappa shape index (κ1) is 11.5. The predicted octanol–water partition coefficient (Wildman–Crippen LogP) is 3.44. The van der Waals surface area contributed by atoms with Gasteiger partial charge in [0.05, 0.1) is 0 Å². The van der Waals surface area contributed by atoms with Crippen LogP contribution in [0.1, 0.15) is 65.2 Å². The highest BCUT2D eigenvalue weighted by molar-refractivity contribution is 5.69. The number of rotatable bonds is 2. The van der Waals surface area contributed by atoms with Gasteiger partial charge in [0.25, 0.3) is 0 Å². The molecule has 14 heavy (non-hydrogen) atoms. The van der Waals surface area contributed by atoms with E-state index in [1.165, 1.54) is 32.1 Å². The van der Waals surface area contributed by atoms with Gasteiger partial charge in [-0.3, -0.25) is 4.79 Å². The van der Waals surface area contributed by atoms with Crippen molar-refractivity contribution in [2.45, 2.75) is 70.8 Å². The largest absolute Gasteiger partial charge is 0.459 e. The Kier molecular flexibility index (Phi) is 4.43. The molecule has 0 saturated heterocycles. The topological polar surface area (TPSA) is 26.3 Å². The van der Waals surface area contributed by atoms with Crippen LogP contribution in [0, 0.1) is 0 Å². The van der Waals surface area contributed by atoms with E-state index < -0.39 is 0 Å². The van der Waals surface area contributed by atoms with Crippen molar-refractivity contribution in [3.8, 4) is 0 Å². The van der Waals surface area contributed by atoms with Crippen LogP contribution in [0.4, 0.5) is 0 Å². The summed E-state index contributed by atoms with van der Waals surface area (Å²) in [6.07, 6.45) is 8.91. The molecule has 1 aliphatic rings. The standard InChI is InChI=1S/C12H22O2/c1-3-11(13)14-12(2)9-7-5-4-6-8-10-12/h3-10H2,1-2H3. The van der Waals surface area contributed by atoms with Crippen molar-refractivity contribution in [3.05, 3.63) is 0 Å². The van der Waals surface area contributed by atoms with Crippen LogP contribution in [0.15, 0.2) is 0 Å². The molecule has 0 heterocycles. The number of hydrogen-bond acceptors (Lipinski definition) is 2. The predicted molar refractivity (Wildman–Crippen MR) is 57.1 cm³/mol. The fourth-order valence-corrected chi connectivity index (χ4v) is 2.10. The second-order valence-electron chi connectivity index (χ2n) is 4.55. The van der Waals surface area contributed by atoms with Gasteiger partial charge in [0.1, 0.15) is 5.60 Å². The van der Waals surface area contributed by atoms with Gasteiger partial charge in [-0.1, -0.05) is 26.2 Å². The quantitative estimate of drug-likeness (QED) is 0.635. The summed E-state index contributed by atoms with van der Waals surface area (Å²) in [5.41, 5.74) is -0.173. The monoisotopic (exact) mass is 198 g/mol. The highest BCUT2D eigenvalue weighted by Gasteiger charge is 2.28. The van der Waals surface area contributed by atoms with Crippen LogP contribution >= 0.6 is 0 Å². The summed E-state index contributed by atoms with van der Waals surface area (Å²) in [6.45, 7) is 3.94. The molecule has 2 nitrogen and oxygen atoms in total. The van der Waals surface area contributed by atoms with Gasteiger partial charge < -0.3 is 4.74 Å². The molecule has 0 amide bonds. The number of esters is 1. The van der Waals surface area contributed by atoms with Crippen molar-refractivity contribution in [2.24, 2.45) is 0 Å². The maximum Gasteiger partial charge on any atom is 0.306 e. The van der Waals surface area contributed by atoms with E-state index in [9.17, 15) is 4.79 Å². The zero-order valence-electron chi connectivity index (χ0n) is 9.47. The van der Waals surface area contributed by atoms with Gasteiger partial charge in [-0.05, 0) is 32.6 Å². The lowest BCUT2D eigenvalue weighted by Gasteiger charge is -2.31. The Bertz CT molecular complexity index is 179. The average Bonchev–Trinajstić information content (AvgIpc) is 2.12. The summed E-state index contributed by atoms with van der Waals surface area (Å²) in [5, 5.41) is 0. The summed E-state index contributed by atoms with van der Waals surface area (Å²) < 4.78 is 5.52. The minimum Gasteiger partial charge on any atom is -0.459 e. The Morgan fingerprint density at radius 3 is 2.14 bits per heavy atom. The van der Waals surface area contributed by atoms with Crippen LogP contribution in [0.5, 0.6) is 0 Å². The van der Waals surface area contributed by atoms with Gasteiger partial charge in [-0.15, -0.1) is 0 Å². The third-order valence-corrected chi connectivity index (χ3v) is 3.06. The van der Waals surface area contributed by atoms with E-state index in [0.29, 0.717) is 6.42 Å². The maximum atomic E-state index is 11.3. The highest BCUT2D eigenvalue weighted by atomic mass is 16.6. The SMILES string of the molecule is CCC(=O)OC1(C)CCCCCCC1. The summed E-state index contributed by atoms with van der Waals surface area (Å²) in [6, 6.07) is 0. The normalized spacial score (nSPS) is 22.1. The van der Waals surface area contributed by atoms with E-state index in [2.05, 4.69) is 6.92 Å². The van der Waals surface area contributed by atoms with Crippen molar-refractivity contribution < 1.29 is 9.53 Å². The van der Waals surface area contributed by atoms with E-state index in [1.54, 1.807) is 0 Å². The first-order valence-electron chi connectivity index (χ1n) is 5.88. The second kappa shape index (κ2) is 5.38. The molecule has 0 aromatic carbocycles. The van der Waals surface area contributed by atoms with Crippen LogP contribution in [0.2, 0.25) is 0 Å². The third-order valence-electron chi connectivity index (χ3n) is 3.06. The summed E-state index contributed by atoms with van der Waals surface area (Å²) in [5.74, 6) is -0.0481. The first-order chi connectivity index (χ1) is 6.66. The van der Waals surface area contributed by atoms with Crippen LogP contribution in [0.3, 0.4) is 0 Å². The van der Waals surface area contributed by atoms with Gasteiger partial charge in [-0.25, -0.2) is 0 Å². The number of ether oxygens (including phenoxy) is 1. The molecule has 0 atom stereocenters. The Morgan fingerprint density at radius 2 is 1.64 bits per heavy atom. The van der Waals surface area contributed by atoms with Crippen molar-refractivity contribution >= 4 is 5.97 Å². The van der Waals surface area contributed by atoms with E-state index in [4.69, 9.17) is 4.74 Å². The van der Waals surface area contributed by atoms with E-state index in [-0.39, 0.29) is 11.6 Å². The Hall–Kier alpha value is -0.530. The molecule has 0 spiro atoms. The minimum atomic E-state index is -0.173. The summed E-state index contributed by atoms with van der Waals surface area (Å²) in [7, 11) is 0. The summed E-state index contributed by atoms with van der Waals surface area (Å²) in [4.78, 5) is 11.3. The number of carbonyl (C=O) groups excluding carboxylic acids is 1. The minimum absolute atomic E-state index is 0.0481. The molecular weight excluding hydrogens is 176 g/mol. The highest BCUT2D eigenvalue weighted by Crippen LogP contribution is 2.29. The van der Waals surface area contributed by atoms with Crippen molar-refractivity contribution in [2.75, 3.05) is 0 Å². The molecule has 0 aromatic rings. The van der Waals surface area contributed by atoms with Crippen LogP contribution in [-0.2, 0) is 9.53 Å². The van der Waals surface area contributed by atoms with Gasteiger partial charge in [0.15, 0.2) is 0 Å². The van der Waals surface area contributed by atoms with E-state index in [0.717, 1.165) is 12.8 Å². The lowest BCUT2D eigenvalue weighted by atomic mass is 9.88. The number of carbonyl (C=O) groups is 1. The molecule has 1 rings (SSSR count). The fraction of sp³-hybridized carbons (Fsp3) is 0.917. The van der Waals surface area contributed by atoms with Crippen LogP contribution in [-0.4, -0.2) is 11.6 Å². The van der Waals surface area contributed by atoms with Crippen LogP contribution in [0.25, 0.3) is 0 Å². The zero-order valence-corrected chi connectivity index (χ0v) is 9.47. The molecule has 0 N–H and O–H groups in total. The zero-order chi connectivity index (χ0) is 10.4. The Labute approximate surface area is 87.0 Å². The molecule has 0 radical (unpaired) electrons. The molecule has 1 aliphatic carbocycles. The number of hydrogen-bond donors (Lipinski definition) is 0. The molecule has 1 fully saturated rings. The van der Waals surface area contributed by atoms with Crippen molar-refractivity contribution in [1.82, 2.24) is 0 Å². The smallest absolute Gasteiger partial charge is 0.306 e. The second-order valence-corrected chi connectivity index (χ2v) is 4.55. The van der Waals surface area contributed by atoms with Gasteiger partial charge in [0, 0.05) is 6.42 Å². The van der Waals surface area contributed by atoms with Gasteiger partial charge in [0.2, 0.25) is 0 Å². The molecule has 0 bridgehead atoms. The molecule has 1 saturated carbocycles. The average molecular weight is 198 g/mol. The van der Waals surface area contributed by atoms with Crippen molar-refractivity contribution in [3.63, 3.8) is 0 Å². The lowest BCUT2D eigenvalue weighted by Crippen LogP contribution is -2.32.